The molecule has 4 rings (SSSR count). The van der Waals surface area contributed by atoms with Crippen LogP contribution in [-0.4, -0.2) is 44.7 Å². The summed E-state index contributed by atoms with van der Waals surface area (Å²) in [5.41, 5.74) is -0.143. The minimum absolute atomic E-state index is 0.0957. The molecule has 0 saturated heterocycles. The summed E-state index contributed by atoms with van der Waals surface area (Å²) in [4.78, 5) is 11.1. The van der Waals surface area contributed by atoms with Crippen molar-refractivity contribution < 1.29 is 25.2 Å². The van der Waals surface area contributed by atoms with Crippen molar-refractivity contribution in [3.63, 3.8) is 0 Å². The molecule has 4 aliphatic carbocycles. The first kappa shape index (κ1) is 21.6. The Hall–Kier alpha value is -0.650. The zero-order valence-electron chi connectivity index (χ0n) is 18.3. The fourth-order valence-corrected chi connectivity index (χ4v) is 8.68. The Kier molecular flexibility index (Phi) is 5.57. The van der Waals surface area contributed by atoms with E-state index in [-0.39, 0.29) is 41.3 Å². The van der Waals surface area contributed by atoms with E-state index in [9.17, 15) is 20.1 Å². The Labute approximate surface area is 174 Å². The minimum Gasteiger partial charge on any atom is -0.481 e. The van der Waals surface area contributed by atoms with Gasteiger partial charge in [0.05, 0.1) is 18.3 Å². The monoisotopic (exact) mass is 408 g/mol. The molecule has 4 aliphatic rings. The average molecular weight is 409 g/mol. The Morgan fingerprint density at radius 2 is 1.76 bits per heavy atom. The van der Waals surface area contributed by atoms with E-state index in [2.05, 4.69) is 20.8 Å². The van der Waals surface area contributed by atoms with Crippen LogP contribution in [0.15, 0.2) is 0 Å². The molecule has 4 fully saturated rings. The van der Waals surface area contributed by atoms with Crippen molar-refractivity contribution in [3.05, 3.63) is 0 Å². The maximum absolute atomic E-state index is 11.5. The number of hydrogen-bond donors (Lipinski definition) is 4. The number of carboxylic acids is 1. The molecule has 0 amide bonds. The van der Waals surface area contributed by atoms with Crippen LogP contribution in [0.4, 0.5) is 0 Å². The van der Waals surface area contributed by atoms with Crippen LogP contribution < -0.4 is 0 Å². The van der Waals surface area contributed by atoms with E-state index in [1.54, 1.807) is 0 Å². The third-order valence-corrected chi connectivity index (χ3v) is 10.3. The first-order chi connectivity index (χ1) is 13.6. The summed E-state index contributed by atoms with van der Waals surface area (Å²) in [6.07, 6.45) is 6.00. The van der Waals surface area contributed by atoms with Gasteiger partial charge in [-0.1, -0.05) is 20.8 Å². The molecule has 0 radical (unpaired) electrons. The molecule has 0 aromatic carbocycles. The highest BCUT2D eigenvalue weighted by atomic mass is 16.4. The molecule has 0 spiro atoms. The van der Waals surface area contributed by atoms with Gasteiger partial charge in [0.15, 0.2) is 0 Å². The Bertz CT molecular complexity index is 637. The molecular weight excluding hydrogens is 368 g/mol. The van der Waals surface area contributed by atoms with Crippen LogP contribution in [0.1, 0.15) is 78.6 Å². The van der Waals surface area contributed by atoms with E-state index in [1.807, 2.05) is 0 Å². The van der Waals surface area contributed by atoms with Crippen LogP contribution in [0.5, 0.6) is 0 Å². The van der Waals surface area contributed by atoms with Gasteiger partial charge >= 0.3 is 5.97 Å². The molecule has 5 heteroatoms. The van der Waals surface area contributed by atoms with Gasteiger partial charge in [-0.15, -0.1) is 0 Å². The molecule has 11 atom stereocenters. The Balaban J connectivity index is 1.61. The van der Waals surface area contributed by atoms with E-state index in [4.69, 9.17) is 5.11 Å². The second-order valence-corrected chi connectivity index (χ2v) is 11.4. The highest BCUT2D eigenvalue weighted by Gasteiger charge is 2.65. The van der Waals surface area contributed by atoms with Crippen LogP contribution in [0.2, 0.25) is 0 Å². The molecule has 0 aromatic rings. The van der Waals surface area contributed by atoms with Gasteiger partial charge in [-0.2, -0.15) is 0 Å². The highest BCUT2D eigenvalue weighted by Crippen LogP contribution is 2.68. The molecule has 5 nitrogen and oxygen atoms in total. The van der Waals surface area contributed by atoms with Crippen LogP contribution in [0.25, 0.3) is 0 Å². The van der Waals surface area contributed by atoms with Crippen molar-refractivity contribution in [1.29, 1.82) is 0 Å². The standard InChI is InChI=1S/C24H40O5/c1-13(4-7-21(28)29)16-5-6-17-22-18(12-20(27)24(16,17)3)23(2)9-8-15(25)10-14(23)11-19(22)26/h13-20,22,25-27H,4-12H2,1-3H3,(H,28,29)/t13-,14+,15-,16+,17-,18-,19+,20-,22-,23-,24+/m0/s1. The molecule has 0 unspecified atom stereocenters. The normalized spacial score (nSPS) is 52.9. The third-order valence-electron chi connectivity index (χ3n) is 10.3. The summed E-state index contributed by atoms with van der Waals surface area (Å²) in [7, 11) is 0. The van der Waals surface area contributed by atoms with E-state index >= 15 is 0 Å². The summed E-state index contributed by atoms with van der Waals surface area (Å²) in [5.74, 6) is 0.997. The predicted molar refractivity (Wildman–Crippen MR) is 110 cm³/mol. The molecule has 0 heterocycles. The van der Waals surface area contributed by atoms with Crippen LogP contribution >= 0.6 is 0 Å². The first-order valence-corrected chi connectivity index (χ1v) is 11.8. The highest BCUT2D eigenvalue weighted by molar-refractivity contribution is 5.66. The van der Waals surface area contributed by atoms with Crippen molar-refractivity contribution in [2.24, 2.45) is 46.3 Å². The summed E-state index contributed by atoms with van der Waals surface area (Å²) in [6.45, 7) is 6.72. The third kappa shape index (κ3) is 3.27. The van der Waals surface area contributed by atoms with Gasteiger partial charge in [-0.3, -0.25) is 4.79 Å². The lowest BCUT2D eigenvalue weighted by molar-refractivity contribution is -0.207. The maximum Gasteiger partial charge on any atom is 0.303 e. The molecular formula is C24H40O5. The zero-order valence-corrected chi connectivity index (χ0v) is 18.3. The van der Waals surface area contributed by atoms with Gasteiger partial charge < -0.3 is 20.4 Å². The second-order valence-electron chi connectivity index (χ2n) is 11.4. The van der Waals surface area contributed by atoms with Gasteiger partial charge in [0.2, 0.25) is 0 Å². The van der Waals surface area contributed by atoms with E-state index in [0.717, 1.165) is 44.9 Å². The summed E-state index contributed by atoms with van der Waals surface area (Å²) < 4.78 is 0. The Morgan fingerprint density at radius 1 is 1.03 bits per heavy atom. The quantitative estimate of drug-likeness (QED) is 0.571. The van der Waals surface area contributed by atoms with Gasteiger partial charge in [-0.25, -0.2) is 0 Å². The van der Waals surface area contributed by atoms with Crippen LogP contribution in [0, 0.1) is 46.3 Å². The number of rotatable bonds is 4. The van der Waals surface area contributed by atoms with E-state index < -0.39 is 12.1 Å². The van der Waals surface area contributed by atoms with Crippen molar-refractivity contribution in [3.8, 4) is 0 Å². The van der Waals surface area contributed by atoms with Gasteiger partial charge in [0.1, 0.15) is 0 Å². The predicted octanol–water partition coefficient (Wildman–Crippen LogP) is 3.45. The number of aliphatic hydroxyl groups is 3. The smallest absolute Gasteiger partial charge is 0.303 e. The molecule has 0 aliphatic heterocycles. The van der Waals surface area contributed by atoms with Crippen LogP contribution in [-0.2, 0) is 4.79 Å². The molecule has 4 saturated carbocycles. The largest absolute Gasteiger partial charge is 0.481 e. The fraction of sp³-hybridized carbons (Fsp3) is 0.958. The van der Waals surface area contributed by atoms with Gasteiger partial charge in [0.25, 0.3) is 0 Å². The molecule has 166 valence electrons. The fourth-order valence-electron chi connectivity index (χ4n) is 8.68. The summed E-state index contributed by atoms with van der Waals surface area (Å²) in [5, 5.41) is 42.0. The van der Waals surface area contributed by atoms with E-state index in [0.29, 0.717) is 30.1 Å². The van der Waals surface area contributed by atoms with Crippen LogP contribution in [0.3, 0.4) is 0 Å². The lowest BCUT2D eigenvalue weighted by Gasteiger charge is -2.63. The number of aliphatic carboxylic acids is 1. The topological polar surface area (TPSA) is 98.0 Å². The van der Waals surface area contributed by atoms with Crippen molar-refractivity contribution in [2.45, 2.75) is 96.9 Å². The molecule has 29 heavy (non-hydrogen) atoms. The summed E-state index contributed by atoms with van der Waals surface area (Å²) in [6, 6.07) is 0. The molecule has 4 N–H and O–H groups in total. The maximum atomic E-state index is 11.5. The lowest BCUT2D eigenvalue weighted by atomic mass is 9.43. The number of fused-ring (bicyclic) bond motifs is 5. The Morgan fingerprint density at radius 3 is 2.45 bits per heavy atom. The van der Waals surface area contributed by atoms with Crippen molar-refractivity contribution >= 4 is 5.97 Å². The zero-order chi connectivity index (χ0) is 21.1. The van der Waals surface area contributed by atoms with Gasteiger partial charge in [0, 0.05) is 6.42 Å². The minimum atomic E-state index is -0.748. The van der Waals surface area contributed by atoms with Crippen molar-refractivity contribution in [2.75, 3.05) is 0 Å². The number of hydrogen-bond acceptors (Lipinski definition) is 4. The number of aliphatic hydroxyl groups excluding tert-OH is 3. The SMILES string of the molecule is C[C@@H](CCC(=O)O)[C@H]1CC[C@H]2[C@@H]3[C@H](O)C[C@H]4C[C@@H](O)CC[C@]4(C)[C@H]3C[C@H](O)[C@]12C. The molecule has 0 bridgehead atoms. The molecule has 0 aromatic heterocycles. The van der Waals surface area contributed by atoms with E-state index in [1.165, 1.54) is 0 Å². The van der Waals surface area contributed by atoms with Gasteiger partial charge in [-0.05, 0) is 97.7 Å². The number of carbonyl (C=O) groups is 1. The first-order valence-electron chi connectivity index (χ1n) is 11.8. The lowest BCUT2D eigenvalue weighted by Crippen LogP contribution is -2.62. The average Bonchev–Trinajstić information content (AvgIpc) is 3.01. The number of carboxylic acid groups (broad SMARTS) is 1. The van der Waals surface area contributed by atoms with Crippen molar-refractivity contribution in [1.82, 2.24) is 0 Å². The second kappa shape index (κ2) is 7.49. The summed E-state index contributed by atoms with van der Waals surface area (Å²) >= 11 is 0.